The van der Waals surface area contributed by atoms with Crippen LogP contribution in [-0.2, 0) is 11.2 Å². The number of aryl methyl sites for hydroxylation is 1. The second-order valence-electron chi connectivity index (χ2n) is 4.63. The van der Waals surface area contributed by atoms with E-state index in [4.69, 9.17) is 17.3 Å². The van der Waals surface area contributed by atoms with Gasteiger partial charge in [0.15, 0.2) is 5.13 Å². The first kappa shape index (κ1) is 17.9. The summed E-state index contributed by atoms with van der Waals surface area (Å²) >= 11 is 7.70. The quantitative estimate of drug-likeness (QED) is 0.892. The summed E-state index contributed by atoms with van der Waals surface area (Å²) in [5.41, 5.74) is 7.61. The lowest BCUT2D eigenvalue weighted by molar-refractivity contribution is -0.117. The van der Waals surface area contributed by atoms with E-state index in [-0.39, 0.29) is 18.3 Å². The van der Waals surface area contributed by atoms with Crippen molar-refractivity contribution >= 4 is 46.4 Å². The number of nitrogens with zero attached hydrogens (tertiary/aromatic N) is 1. The molecule has 21 heavy (non-hydrogen) atoms. The van der Waals surface area contributed by atoms with Crippen LogP contribution in [0.25, 0.3) is 0 Å². The number of amides is 1. The molecule has 1 amide bonds. The molecule has 7 heteroatoms. The molecule has 0 saturated carbocycles. The van der Waals surface area contributed by atoms with Gasteiger partial charge in [0.05, 0.1) is 6.04 Å². The molecular weight excluding hydrogens is 329 g/mol. The fourth-order valence-electron chi connectivity index (χ4n) is 1.70. The van der Waals surface area contributed by atoms with Gasteiger partial charge >= 0.3 is 0 Å². The van der Waals surface area contributed by atoms with Crippen molar-refractivity contribution in [2.24, 2.45) is 5.73 Å². The summed E-state index contributed by atoms with van der Waals surface area (Å²) in [5.74, 6) is -0.237. The maximum absolute atomic E-state index is 11.5. The van der Waals surface area contributed by atoms with Crippen molar-refractivity contribution in [2.75, 3.05) is 5.32 Å². The third-order valence-corrected chi connectivity index (χ3v) is 4.29. The Balaban J connectivity index is 0.00000220. The largest absolute Gasteiger partial charge is 0.320 e. The van der Waals surface area contributed by atoms with Gasteiger partial charge in [0.25, 0.3) is 0 Å². The van der Waals surface area contributed by atoms with Crippen LogP contribution in [0.1, 0.15) is 22.9 Å². The maximum atomic E-state index is 11.5. The van der Waals surface area contributed by atoms with Gasteiger partial charge in [-0.3, -0.25) is 4.79 Å². The first-order valence-corrected chi connectivity index (χ1v) is 7.42. The van der Waals surface area contributed by atoms with E-state index in [0.29, 0.717) is 11.6 Å². The lowest BCUT2D eigenvalue weighted by Gasteiger charge is -2.05. The number of carbonyl (C=O) groups is 1. The van der Waals surface area contributed by atoms with Crippen molar-refractivity contribution in [3.63, 3.8) is 0 Å². The van der Waals surface area contributed by atoms with Crippen LogP contribution in [0.5, 0.6) is 0 Å². The molecule has 4 nitrogen and oxygen atoms in total. The Labute approximate surface area is 139 Å². The number of halogens is 2. The molecule has 0 aliphatic heterocycles. The zero-order chi connectivity index (χ0) is 14.7. The van der Waals surface area contributed by atoms with Crippen molar-refractivity contribution in [3.8, 4) is 0 Å². The summed E-state index contributed by atoms with van der Waals surface area (Å²) in [6, 6.07) is 5.41. The van der Waals surface area contributed by atoms with Gasteiger partial charge in [-0.1, -0.05) is 29.8 Å². The molecular formula is C14H17Cl2N3OS. The number of thiazole rings is 1. The normalized spacial score (nSPS) is 11.6. The fourth-order valence-corrected chi connectivity index (χ4v) is 2.73. The van der Waals surface area contributed by atoms with E-state index in [1.165, 1.54) is 11.3 Å². The molecule has 0 spiro atoms. The predicted octanol–water partition coefficient (Wildman–Crippen LogP) is 3.40. The van der Waals surface area contributed by atoms with E-state index in [9.17, 15) is 4.79 Å². The van der Waals surface area contributed by atoms with Crippen molar-refractivity contribution in [2.45, 2.75) is 26.3 Å². The first-order valence-electron chi connectivity index (χ1n) is 6.22. The van der Waals surface area contributed by atoms with Gasteiger partial charge in [-0.2, -0.15) is 0 Å². The van der Waals surface area contributed by atoms with E-state index in [1.54, 1.807) is 13.1 Å². The summed E-state index contributed by atoms with van der Waals surface area (Å²) in [5, 5.41) is 4.02. The molecule has 0 bridgehead atoms. The standard InChI is InChI=1S/C14H16ClN3OS.ClH/c1-8-4-3-5-10(12(8)15)6-11-7-17-14(20-11)18-13(19)9(2)16;/h3-5,7,9H,6,16H2,1-2H3,(H,17,18,19);1H. The Morgan fingerprint density at radius 1 is 1.52 bits per heavy atom. The number of rotatable bonds is 4. The number of benzene rings is 1. The molecule has 0 saturated heterocycles. The molecule has 0 fully saturated rings. The molecule has 0 aliphatic rings. The van der Waals surface area contributed by atoms with Crippen LogP contribution in [0.15, 0.2) is 24.4 Å². The fraction of sp³-hybridized carbons (Fsp3) is 0.286. The van der Waals surface area contributed by atoms with Gasteiger partial charge in [0, 0.05) is 22.5 Å². The first-order chi connectivity index (χ1) is 9.47. The number of hydrogen-bond donors (Lipinski definition) is 2. The molecule has 0 aliphatic carbocycles. The summed E-state index contributed by atoms with van der Waals surface area (Å²) in [7, 11) is 0. The Morgan fingerprint density at radius 3 is 2.90 bits per heavy atom. The second-order valence-corrected chi connectivity index (χ2v) is 6.13. The lowest BCUT2D eigenvalue weighted by atomic mass is 10.1. The van der Waals surface area contributed by atoms with Gasteiger partial charge in [-0.15, -0.1) is 23.7 Å². The van der Waals surface area contributed by atoms with Gasteiger partial charge in [-0.05, 0) is 25.0 Å². The highest BCUT2D eigenvalue weighted by Crippen LogP contribution is 2.26. The van der Waals surface area contributed by atoms with Crippen LogP contribution in [-0.4, -0.2) is 16.9 Å². The van der Waals surface area contributed by atoms with Gasteiger partial charge in [0.1, 0.15) is 0 Å². The van der Waals surface area contributed by atoms with E-state index in [0.717, 1.165) is 21.0 Å². The van der Waals surface area contributed by atoms with Gasteiger partial charge in [-0.25, -0.2) is 4.98 Å². The number of carbonyl (C=O) groups excluding carboxylic acids is 1. The third kappa shape index (κ3) is 4.68. The van der Waals surface area contributed by atoms with E-state index in [1.807, 2.05) is 25.1 Å². The van der Waals surface area contributed by atoms with Crippen LogP contribution in [0.3, 0.4) is 0 Å². The van der Waals surface area contributed by atoms with Crippen LogP contribution >= 0.6 is 35.3 Å². The number of nitrogens with two attached hydrogens (primary N) is 1. The van der Waals surface area contributed by atoms with E-state index >= 15 is 0 Å². The lowest BCUT2D eigenvalue weighted by Crippen LogP contribution is -2.32. The predicted molar refractivity (Wildman–Crippen MR) is 90.6 cm³/mol. The Kier molecular flexibility index (Phi) is 6.61. The molecule has 3 N–H and O–H groups in total. The number of nitrogens with one attached hydrogen (secondary N) is 1. The number of hydrogen-bond acceptors (Lipinski definition) is 4. The Morgan fingerprint density at radius 2 is 2.24 bits per heavy atom. The van der Waals surface area contributed by atoms with Gasteiger partial charge in [0.2, 0.25) is 5.91 Å². The maximum Gasteiger partial charge on any atom is 0.242 e. The zero-order valence-corrected chi connectivity index (χ0v) is 14.1. The summed E-state index contributed by atoms with van der Waals surface area (Å²) in [6.45, 7) is 3.61. The minimum absolute atomic E-state index is 0. The molecule has 2 rings (SSSR count). The Bertz CT molecular complexity index is 628. The summed E-state index contributed by atoms with van der Waals surface area (Å²) in [6.07, 6.45) is 2.45. The molecule has 114 valence electrons. The molecule has 0 radical (unpaired) electrons. The highest BCUT2D eigenvalue weighted by Gasteiger charge is 2.11. The van der Waals surface area contributed by atoms with Gasteiger partial charge < -0.3 is 11.1 Å². The Hall–Kier alpha value is -1.14. The molecule has 1 unspecified atom stereocenters. The van der Waals surface area contributed by atoms with Crippen molar-refractivity contribution in [1.29, 1.82) is 0 Å². The summed E-state index contributed by atoms with van der Waals surface area (Å²) < 4.78 is 0. The van der Waals surface area contributed by atoms with Crippen molar-refractivity contribution in [1.82, 2.24) is 4.98 Å². The van der Waals surface area contributed by atoms with Crippen LogP contribution in [0.4, 0.5) is 5.13 Å². The van der Waals surface area contributed by atoms with Crippen molar-refractivity contribution in [3.05, 3.63) is 45.4 Å². The monoisotopic (exact) mass is 345 g/mol. The third-order valence-electron chi connectivity index (χ3n) is 2.83. The van der Waals surface area contributed by atoms with E-state index < -0.39 is 6.04 Å². The average molecular weight is 346 g/mol. The number of aromatic nitrogens is 1. The van der Waals surface area contributed by atoms with Crippen molar-refractivity contribution < 1.29 is 4.79 Å². The smallest absolute Gasteiger partial charge is 0.242 e. The SMILES string of the molecule is Cc1cccc(Cc2cnc(NC(=O)C(C)N)s2)c1Cl.Cl. The molecule has 1 aromatic heterocycles. The topological polar surface area (TPSA) is 68.0 Å². The molecule has 1 atom stereocenters. The summed E-state index contributed by atoms with van der Waals surface area (Å²) in [4.78, 5) is 16.7. The highest BCUT2D eigenvalue weighted by molar-refractivity contribution is 7.15. The molecule has 2 aromatic rings. The molecule has 1 heterocycles. The van der Waals surface area contributed by atoms with Crippen LogP contribution < -0.4 is 11.1 Å². The highest BCUT2D eigenvalue weighted by atomic mass is 35.5. The van der Waals surface area contributed by atoms with E-state index in [2.05, 4.69) is 10.3 Å². The zero-order valence-electron chi connectivity index (χ0n) is 11.7. The molecule has 1 aromatic carbocycles. The minimum atomic E-state index is -0.548. The second kappa shape index (κ2) is 7.75. The van der Waals surface area contributed by atoms with Crippen LogP contribution in [0, 0.1) is 6.92 Å². The minimum Gasteiger partial charge on any atom is -0.320 e. The average Bonchev–Trinajstić information content (AvgIpc) is 2.82. The van der Waals surface area contributed by atoms with Crippen LogP contribution in [0.2, 0.25) is 5.02 Å². The number of anilines is 1.